The number of hydrogen-bond donors (Lipinski definition) is 2. The second kappa shape index (κ2) is 5.47. The first-order valence-corrected chi connectivity index (χ1v) is 6.84. The minimum absolute atomic E-state index is 0.652. The molecule has 1 atom stereocenters. The molecule has 17 heavy (non-hydrogen) atoms. The van der Waals surface area contributed by atoms with Crippen molar-refractivity contribution in [2.75, 3.05) is 19.3 Å². The zero-order valence-electron chi connectivity index (χ0n) is 10.4. The third-order valence-corrected chi connectivity index (χ3v) is 3.91. The molecule has 0 saturated heterocycles. The number of aromatic nitrogens is 1. The van der Waals surface area contributed by atoms with E-state index in [4.69, 9.17) is 5.73 Å². The van der Waals surface area contributed by atoms with E-state index in [0.29, 0.717) is 11.0 Å². The largest absolute Gasteiger partial charge is 0.375 e. The lowest BCUT2D eigenvalue weighted by molar-refractivity contribution is 0.481. The molecule has 3 nitrogen and oxygen atoms in total. The first kappa shape index (κ1) is 12.3. The highest BCUT2D eigenvalue weighted by Gasteiger charge is 2.08. The Labute approximate surface area is 106 Å². The topological polar surface area (TPSA) is 50.9 Å². The highest BCUT2D eigenvalue weighted by atomic mass is 32.1. The van der Waals surface area contributed by atoms with Crippen molar-refractivity contribution in [2.45, 2.75) is 19.8 Å². The zero-order valence-corrected chi connectivity index (χ0v) is 11.2. The summed E-state index contributed by atoms with van der Waals surface area (Å²) in [6.45, 7) is 3.31. The lowest BCUT2D eigenvalue weighted by Crippen LogP contribution is -2.20. The fourth-order valence-electron chi connectivity index (χ4n) is 2.10. The van der Waals surface area contributed by atoms with E-state index in [1.54, 1.807) is 11.3 Å². The van der Waals surface area contributed by atoms with Crippen LogP contribution < -0.4 is 11.1 Å². The van der Waals surface area contributed by atoms with E-state index in [0.717, 1.165) is 18.5 Å². The standard InChI is InChI=1S/C13H19N3S/c1-3-9(8-15-2)6-10-4-5-11-12(7-10)17-13(14)16-11/h4-5,7,9,15H,3,6,8H2,1-2H3,(H2,14,16). The Morgan fingerprint density at radius 1 is 1.47 bits per heavy atom. The van der Waals surface area contributed by atoms with E-state index in [9.17, 15) is 0 Å². The van der Waals surface area contributed by atoms with E-state index >= 15 is 0 Å². The first-order chi connectivity index (χ1) is 8.22. The quantitative estimate of drug-likeness (QED) is 0.856. The molecule has 0 bridgehead atoms. The third-order valence-electron chi connectivity index (χ3n) is 3.06. The maximum absolute atomic E-state index is 5.71. The van der Waals surface area contributed by atoms with Crippen molar-refractivity contribution < 1.29 is 0 Å². The molecule has 0 aliphatic rings. The van der Waals surface area contributed by atoms with Crippen LogP contribution in [0.2, 0.25) is 0 Å². The Morgan fingerprint density at radius 2 is 2.29 bits per heavy atom. The smallest absolute Gasteiger partial charge is 0.181 e. The molecular weight excluding hydrogens is 230 g/mol. The van der Waals surface area contributed by atoms with Crippen LogP contribution >= 0.6 is 11.3 Å². The van der Waals surface area contributed by atoms with Crippen molar-refractivity contribution in [2.24, 2.45) is 5.92 Å². The summed E-state index contributed by atoms with van der Waals surface area (Å²) in [5.74, 6) is 0.697. The summed E-state index contributed by atoms with van der Waals surface area (Å²) < 4.78 is 1.19. The van der Waals surface area contributed by atoms with Crippen molar-refractivity contribution in [1.29, 1.82) is 0 Å². The Balaban J connectivity index is 2.17. The SMILES string of the molecule is CCC(CNC)Cc1ccc2nc(N)sc2c1. The highest BCUT2D eigenvalue weighted by Crippen LogP contribution is 2.25. The number of fused-ring (bicyclic) bond motifs is 1. The van der Waals surface area contributed by atoms with Crippen molar-refractivity contribution in [3.8, 4) is 0 Å². The normalized spacial score (nSPS) is 13.1. The van der Waals surface area contributed by atoms with Gasteiger partial charge in [0.05, 0.1) is 10.2 Å². The molecule has 0 spiro atoms. The number of nitrogens with zero attached hydrogens (tertiary/aromatic N) is 1. The zero-order chi connectivity index (χ0) is 12.3. The van der Waals surface area contributed by atoms with Crippen LogP contribution in [0.15, 0.2) is 18.2 Å². The van der Waals surface area contributed by atoms with Crippen LogP contribution in [0.1, 0.15) is 18.9 Å². The average Bonchev–Trinajstić information content (AvgIpc) is 2.68. The molecule has 0 amide bonds. The molecule has 1 heterocycles. The van der Waals surface area contributed by atoms with Crippen molar-refractivity contribution >= 4 is 26.7 Å². The summed E-state index contributed by atoms with van der Waals surface area (Å²) in [6.07, 6.45) is 2.31. The number of nitrogens with one attached hydrogen (secondary N) is 1. The number of thiazole rings is 1. The molecule has 1 unspecified atom stereocenters. The lowest BCUT2D eigenvalue weighted by Gasteiger charge is -2.13. The minimum atomic E-state index is 0.652. The molecule has 2 aromatic rings. The van der Waals surface area contributed by atoms with E-state index in [1.165, 1.54) is 16.7 Å². The van der Waals surface area contributed by atoms with Gasteiger partial charge < -0.3 is 11.1 Å². The van der Waals surface area contributed by atoms with E-state index in [2.05, 4.69) is 35.4 Å². The van der Waals surface area contributed by atoms with E-state index in [-0.39, 0.29) is 0 Å². The van der Waals surface area contributed by atoms with Gasteiger partial charge in [-0.25, -0.2) is 4.98 Å². The number of rotatable bonds is 5. The highest BCUT2D eigenvalue weighted by molar-refractivity contribution is 7.22. The summed E-state index contributed by atoms with van der Waals surface area (Å²) in [4.78, 5) is 4.27. The minimum Gasteiger partial charge on any atom is -0.375 e. The van der Waals surface area contributed by atoms with Crippen LogP contribution in [0, 0.1) is 5.92 Å². The predicted octanol–water partition coefficient (Wildman–Crippen LogP) is 2.67. The van der Waals surface area contributed by atoms with E-state index in [1.807, 2.05) is 7.05 Å². The van der Waals surface area contributed by atoms with Gasteiger partial charge in [-0.3, -0.25) is 0 Å². The number of hydrogen-bond acceptors (Lipinski definition) is 4. The van der Waals surface area contributed by atoms with Gasteiger partial charge in [-0.05, 0) is 43.6 Å². The Hall–Kier alpha value is -1.13. The van der Waals surface area contributed by atoms with Crippen LogP contribution in [0.5, 0.6) is 0 Å². The molecule has 92 valence electrons. The average molecular weight is 249 g/mol. The third kappa shape index (κ3) is 2.96. The van der Waals surface area contributed by atoms with Gasteiger partial charge in [-0.1, -0.05) is 30.7 Å². The first-order valence-electron chi connectivity index (χ1n) is 6.02. The summed E-state index contributed by atoms with van der Waals surface area (Å²) in [5, 5.41) is 3.90. The number of nitrogens with two attached hydrogens (primary N) is 1. The maximum Gasteiger partial charge on any atom is 0.181 e. The maximum atomic E-state index is 5.71. The summed E-state index contributed by atoms with van der Waals surface area (Å²) >= 11 is 1.57. The Bertz CT molecular complexity index is 492. The summed E-state index contributed by atoms with van der Waals surface area (Å²) in [5.41, 5.74) is 8.10. The number of nitrogen functional groups attached to an aromatic ring is 1. The molecule has 0 radical (unpaired) electrons. The van der Waals surface area contributed by atoms with E-state index < -0.39 is 0 Å². The predicted molar refractivity (Wildman–Crippen MR) is 75.4 cm³/mol. The second-order valence-electron chi connectivity index (χ2n) is 4.39. The molecule has 4 heteroatoms. The van der Waals surface area contributed by atoms with Crippen LogP contribution in [-0.4, -0.2) is 18.6 Å². The monoisotopic (exact) mass is 249 g/mol. The van der Waals surface area contributed by atoms with Gasteiger partial charge in [0.2, 0.25) is 0 Å². The number of anilines is 1. The van der Waals surface area contributed by atoms with Crippen molar-refractivity contribution in [3.63, 3.8) is 0 Å². The van der Waals surface area contributed by atoms with Gasteiger partial charge >= 0.3 is 0 Å². The van der Waals surface area contributed by atoms with Gasteiger partial charge in [0.25, 0.3) is 0 Å². The fraction of sp³-hybridized carbons (Fsp3) is 0.462. The summed E-state index contributed by atoms with van der Waals surface area (Å²) in [7, 11) is 2.01. The van der Waals surface area contributed by atoms with Crippen molar-refractivity contribution in [1.82, 2.24) is 10.3 Å². The van der Waals surface area contributed by atoms with Crippen LogP contribution in [0.3, 0.4) is 0 Å². The Kier molecular flexibility index (Phi) is 3.97. The van der Waals surface area contributed by atoms with Crippen molar-refractivity contribution in [3.05, 3.63) is 23.8 Å². The summed E-state index contributed by atoms with van der Waals surface area (Å²) in [6, 6.07) is 6.46. The lowest BCUT2D eigenvalue weighted by atomic mass is 9.97. The van der Waals surface area contributed by atoms with Gasteiger partial charge in [0.1, 0.15) is 0 Å². The molecule has 2 rings (SSSR count). The van der Waals surface area contributed by atoms with Crippen LogP contribution in [-0.2, 0) is 6.42 Å². The number of benzene rings is 1. The molecule has 0 aliphatic heterocycles. The van der Waals surface area contributed by atoms with Gasteiger partial charge in [0, 0.05) is 0 Å². The molecule has 0 saturated carbocycles. The van der Waals surface area contributed by atoms with Crippen LogP contribution in [0.25, 0.3) is 10.2 Å². The second-order valence-corrected chi connectivity index (χ2v) is 5.45. The van der Waals surface area contributed by atoms with Gasteiger partial charge in [-0.15, -0.1) is 0 Å². The molecule has 0 fully saturated rings. The molecule has 1 aromatic carbocycles. The molecule has 3 N–H and O–H groups in total. The molecular formula is C13H19N3S. The van der Waals surface area contributed by atoms with Gasteiger partial charge in [-0.2, -0.15) is 0 Å². The fourth-order valence-corrected chi connectivity index (χ4v) is 2.89. The Morgan fingerprint density at radius 3 is 3.00 bits per heavy atom. The van der Waals surface area contributed by atoms with Gasteiger partial charge in [0.15, 0.2) is 5.13 Å². The molecule has 1 aromatic heterocycles. The molecule has 0 aliphatic carbocycles. The van der Waals surface area contributed by atoms with Crippen LogP contribution in [0.4, 0.5) is 5.13 Å².